The van der Waals surface area contributed by atoms with Crippen LogP contribution in [0.25, 0.3) is 32.2 Å². The highest BCUT2D eigenvalue weighted by Crippen LogP contribution is 2.46. The Hall–Kier alpha value is -3.43. The number of nitrogens with two attached hydrogens (primary N) is 1. The first kappa shape index (κ1) is 28.7. The van der Waals surface area contributed by atoms with E-state index in [-0.39, 0.29) is 70.9 Å². The summed E-state index contributed by atoms with van der Waals surface area (Å²) >= 11 is 0.732. The van der Waals surface area contributed by atoms with Crippen molar-refractivity contribution in [2.75, 3.05) is 50.5 Å². The molecule has 0 spiro atoms. The van der Waals surface area contributed by atoms with Crippen LogP contribution in [0.4, 0.5) is 37.3 Å². The first-order valence-corrected chi connectivity index (χ1v) is 14.0. The highest BCUT2D eigenvalue weighted by Gasteiger charge is 2.49. The molecule has 0 radical (unpaired) electrons. The number of nitrogen functional groups attached to an aromatic ring is 1. The van der Waals surface area contributed by atoms with Crippen molar-refractivity contribution in [1.29, 1.82) is 0 Å². The number of hydrogen-bond donors (Lipinski definition) is 2. The number of aliphatic hydroxyl groups excluding tert-OH is 1. The number of fused-ring (bicyclic) bond motifs is 3. The molecule has 0 aliphatic carbocycles. The lowest BCUT2D eigenvalue weighted by atomic mass is 9.95. The van der Waals surface area contributed by atoms with Crippen molar-refractivity contribution in [3.63, 3.8) is 0 Å². The number of likely N-dealkylation sites (N-methyl/N-ethyl adjacent to an activating group) is 1. The molecule has 42 heavy (non-hydrogen) atoms. The molecule has 2 aliphatic heterocycles. The molecule has 15 heteroatoms. The summed E-state index contributed by atoms with van der Waals surface area (Å²) in [5.41, 5.74) is 1.93. The number of rotatable bonds is 7. The lowest BCUT2D eigenvalue weighted by molar-refractivity contribution is -0.137. The number of hydrogen-bond acceptors (Lipinski definition) is 9. The van der Waals surface area contributed by atoms with Crippen molar-refractivity contribution in [3.8, 4) is 17.1 Å². The third-order valence-corrected chi connectivity index (χ3v) is 8.90. The molecular weight excluding hydrogens is 586 g/mol. The summed E-state index contributed by atoms with van der Waals surface area (Å²) in [4.78, 5) is 15.8. The second kappa shape index (κ2) is 10.4. The number of aromatic nitrogens is 3. The van der Waals surface area contributed by atoms with Crippen molar-refractivity contribution in [1.82, 2.24) is 19.9 Å². The summed E-state index contributed by atoms with van der Waals surface area (Å²) in [6.07, 6.45) is -4.27. The first-order chi connectivity index (χ1) is 19.9. The van der Waals surface area contributed by atoms with Gasteiger partial charge in [0, 0.05) is 43.1 Å². The van der Waals surface area contributed by atoms with Crippen LogP contribution in [-0.2, 0) is 6.18 Å². The van der Waals surface area contributed by atoms with E-state index in [2.05, 4.69) is 15.0 Å². The molecule has 2 fully saturated rings. The van der Waals surface area contributed by atoms with Gasteiger partial charge in [0.05, 0.1) is 27.9 Å². The molecule has 4 aromatic rings. The van der Waals surface area contributed by atoms with E-state index in [4.69, 9.17) is 10.5 Å². The summed E-state index contributed by atoms with van der Waals surface area (Å²) in [5.74, 6) is -2.19. The number of thiazole rings is 1. The van der Waals surface area contributed by atoms with Crippen molar-refractivity contribution < 1.29 is 36.2 Å². The molecule has 8 nitrogen and oxygen atoms in total. The van der Waals surface area contributed by atoms with Crippen LogP contribution in [0.3, 0.4) is 0 Å². The fourth-order valence-corrected chi connectivity index (χ4v) is 6.89. The van der Waals surface area contributed by atoms with Gasteiger partial charge in [0.15, 0.2) is 10.9 Å². The second-order valence-corrected chi connectivity index (χ2v) is 11.7. The highest BCUT2D eigenvalue weighted by atomic mass is 32.1. The zero-order chi connectivity index (χ0) is 30.0. The molecule has 224 valence electrons. The van der Waals surface area contributed by atoms with Crippen LogP contribution in [0.15, 0.2) is 18.2 Å². The number of anilines is 2. The Bertz CT molecular complexity index is 1680. The summed E-state index contributed by atoms with van der Waals surface area (Å²) < 4.78 is 94.5. The Labute approximate surface area is 239 Å². The minimum absolute atomic E-state index is 0.00781. The first-order valence-electron chi connectivity index (χ1n) is 13.2. The molecule has 2 aromatic heterocycles. The predicted molar refractivity (Wildman–Crippen MR) is 146 cm³/mol. The van der Waals surface area contributed by atoms with Crippen molar-refractivity contribution in [2.24, 2.45) is 0 Å². The van der Waals surface area contributed by atoms with E-state index in [0.29, 0.717) is 13.0 Å². The van der Waals surface area contributed by atoms with Gasteiger partial charge in [-0.05, 0) is 37.6 Å². The number of alkyl halides is 4. The predicted octanol–water partition coefficient (Wildman–Crippen LogP) is 5.17. The SMILES string of the molecule is CN(CCO)c1nc(OCC23CCCN2CC(F)C3)nc2c(F)c(-c3ccc(F)c4sc(N)nc34)c(C(F)(F)F)cc12. The zero-order valence-corrected chi connectivity index (χ0v) is 23.1. The van der Waals surface area contributed by atoms with Gasteiger partial charge in [0.25, 0.3) is 0 Å². The van der Waals surface area contributed by atoms with Crippen LogP contribution in [-0.4, -0.2) is 76.6 Å². The van der Waals surface area contributed by atoms with Crippen molar-refractivity contribution in [2.45, 2.75) is 37.1 Å². The van der Waals surface area contributed by atoms with Gasteiger partial charge in [-0.15, -0.1) is 0 Å². The Kier molecular flexibility index (Phi) is 7.09. The summed E-state index contributed by atoms with van der Waals surface area (Å²) in [5, 5.41) is 9.14. The molecule has 2 aromatic carbocycles. The number of benzene rings is 2. The minimum atomic E-state index is -5.04. The normalized spacial score (nSPS) is 21.0. The Balaban J connectivity index is 1.55. The van der Waals surface area contributed by atoms with Gasteiger partial charge >= 0.3 is 12.2 Å². The van der Waals surface area contributed by atoms with Gasteiger partial charge in [0.1, 0.15) is 29.9 Å². The van der Waals surface area contributed by atoms with E-state index in [1.54, 1.807) is 0 Å². The Morgan fingerprint density at radius 1 is 1.21 bits per heavy atom. The summed E-state index contributed by atoms with van der Waals surface area (Å²) in [7, 11) is 1.48. The molecular formula is C27H26F6N6O2S. The molecule has 0 bridgehead atoms. The van der Waals surface area contributed by atoms with Crippen LogP contribution < -0.4 is 15.4 Å². The quantitative estimate of drug-likeness (QED) is 0.276. The number of ether oxygens (including phenoxy) is 1. The van der Waals surface area contributed by atoms with Gasteiger partial charge in [-0.2, -0.15) is 23.1 Å². The maximum Gasteiger partial charge on any atom is 0.417 e. The van der Waals surface area contributed by atoms with E-state index >= 15 is 4.39 Å². The highest BCUT2D eigenvalue weighted by molar-refractivity contribution is 7.22. The number of halogens is 6. The summed E-state index contributed by atoms with van der Waals surface area (Å²) in [6.45, 7) is 0.595. The molecule has 2 aliphatic rings. The molecule has 4 heterocycles. The van der Waals surface area contributed by atoms with E-state index in [1.165, 1.54) is 11.9 Å². The number of nitrogens with zero attached hydrogens (tertiary/aromatic N) is 5. The minimum Gasteiger partial charge on any atom is -0.461 e. The molecule has 2 saturated heterocycles. The fraction of sp³-hybridized carbons (Fsp3) is 0.444. The Morgan fingerprint density at radius 3 is 2.74 bits per heavy atom. The maximum atomic E-state index is 16.5. The van der Waals surface area contributed by atoms with Crippen LogP contribution in [0.2, 0.25) is 0 Å². The lowest BCUT2D eigenvalue weighted by Gasteiger charge is -2.31. The average Bonchev–Trinajstić information content (AvgIpc) is 3.59. The topological polar surface area (TPSA) is 101 Å². The van der Waals surface area contributed by atoms with E-state index in [0.717, 1.165) is 36.0 Å². The van der Waals surface area contributed by atoms with Crippen molar-refractivity contribution in [3.05, 3.63) is 35.4 Å². The summed E-state index contributed by atoms with van der Waals surface area (Å²) in [6, 6.07) is 2.38. The maximum absolute atomic E-state index is 16.5. The van der Waals surface area contributed by atoms with E-state index in [9.17, 15) is 27.1 Å². The van der Waals surface area contributed by atoms with Gasteiger partial charge < -0.3 is 20.5 Å². The van der Waals surface area contributed by atoms with Gasteiger partial charge in [0.2, 0.25) is 0 Å². The average molecular weight is 613 g/mol. The third-order valence-electron chi connectivity index (χ3n) is 8.01. The standard InChI is InChI=1S/C27H26F6N6O2S/c1-38(7-8-40)23-15-9-16(27(31,32)33)18(14-3-4-17(29)22-21(14)35-24(34)42-22)19(30)20(15)36-25(37-23)41-12-26-5-2-6-39(26)11-13(28)10-26/h3-4,9,13,40H,2,5-8,10-12H2,1H3,(H2,34,35). The molecule has 0 amide bonds. The van der Waals surface area contributed by atoms with Crippen molar-refractivity contribution >= 4 is 43.4 Å². The third kappa shape index (κ3) is 4.76. The lowest BCUT2D eigenvalue weighted by Crippen LogP contribution is -2.43. The van der Waals surface area contributed by atoms with Crippen LogP contribution in [0.1, 0.15) is 24.8 Å². The second-order valence-electron chi connectivity index (χ2n) is 10.7. The van der Waals surface area contributed by atoms with Crippen LogP contribution >= 0.6 is 11.3 Å². The van der Waals surface area contributed by atoms with Gasteiger partial charge in [-0.1, -0.05) is 11.3 Å². The monoisotopic (exact) mass is 612 g/mol. The Morgan fingerprint density at radius 2 is 2.00 bits per heavy atom. The van der Waals surface area contributed by atoms with E-state index < -0.39 is 46.2 Å². The number of aliphatic hydroxyl groups is 1. The van der Waals surface area contributed by atoms with E-state index in [1.807, 2.05) is 4.90 Å². The van der Waals surface area contributed by atoms with Crippen LogP contribution in [0, 0.1) is 11.6 Å². The largest absolute Gasteiger partial charge is 0.461 e. The molecule has 6 rings (SSSR count). The fourth-order valence-electron chi connectivity index (χ4n) is 6.13. The van der Waals surface area contributed by atoms with Gasteiger partial charge in [-0.25, -0.2) is 18.2 Å². The molecule has 2 atom stereocenters. The smallest absolute Gasteiger partial charge is 0.417 e. The molecule has 2 unspecified atom stereocenters. The molecule has 3 N–H and O–H groups in total. The molecule has 0 saturated carbocycles. The van der Waals surface area contributed by atoms with Crippen LogP contribution in [0.5, 0.6) is 6.01 Å². The van der Waals surface area contributed by atoms with Gasteiger partial charge in [-0.3, -0.25) is 4.90 Å². The zero-order valence-electron chi connectivity index (χ0n) is 22.3.